The lowest BCUT2D eigenvalue weighted by Gasteiger charge is -2.22. The number of aliphatic hydroxyl groups is 1. The number of carbonyl (C=O) groups is 2. The van der Waals surface area contributed by atoms with E-state index < -0.39 is 17.7 Å². The van der Waals surface area contributed by atoms with Crippen molar-refractivity contribution in [1.82, 2.24) is 4.98 Å². The Bertz CT molecular complexity index is 1440. The highest BCUT2D eigenvalue weighted by Crippen LogP contribution is 2.44. The van der Waals surface area contributed by atoms with E-state index in [9.17, 15) is 14.7 Å². The van der Waals surface area contributed by atoms with Crippen molar-refractivity contribution in [2.45, 2.75) is 13.0 Å². The number of thiazole rings is 1. The number of hydrogen-bond donors (Lipinski definition) is 1. The van der Waals surface area contributed by atoms with Gasteiger partial charge in [0.1, 0.15) is 17.3 Å². The largest absolute Gasteiger partial charge is 0.507 e. The number of nitrogens with zero attached hydrogens (tertiary/aromatic N) is 2. The second-order valence-corrected chi connectivity index (χ2v) is 8.88. The predicted octanol–water partition coefficient (Wildman–Crippen LogP) is 5.33. The molecule has 1 atom stereocenters. The number of Topliss-reactive ketones (excluding diaryl/α,β-unsaturated/α-hetero) is 1. The van der Waals surface area contributed by atoms with E-state index in [-0.39, 0.29) is 11.3 Å². The molecule has 0 aliphatic carbocycles. The summed E-state index contributed by atoms with van der Waals surface area (Å²) in [4.78, 5) is 32.6. The second-order valence-electron chi connectivity index (χ2n) is 7.87. The predicted molar refractivity (Wildman–Crippen MR) is 135 cm³/mol. The van der Waals surface area contributed by atoms with Crippen LogP contribution in [0, 0.1) is 0 Å². The van der Waals surface area contributed by atoms with Gasteiger partial charge in [-0.05, 0) is 55.0 Å². The molecule has 35 heavy (non-hydrogen) atoms. The fourth-order valence-electron chi connectivity index (χ4n) is 4.14. The summed E-state index contributed by atoms with van der Waals surface area (Å²) >= 11 is 1.29. The van der Waals surface area contributed by atoms with Gasteiger partial charge >= 0.3 is 5.91 Å². The molecular formula is C27H22N2O5S. The number of fused-ring (bicyclic) bond motifs is 1. The van der Waals surface area contributed by atoms with Crippen molar-refractivity contribution in [3.05, 3.63) is 89.5 Å². The van der Waals surface area contributed by atoms with E-state index in [0.29, 0.717) is 39.9 Å². The van der Waals surface area contributed by atoms with Gasteiger partial charge in [0.2, 0.25) is 0 Å². The molecule has 0 unspecified atom stereocenters. The molecule has 176 valence electrons. The number of carbonyl (C=O) groups excluding carboxylic acids is 2. The zero-order valence-corrected chi connectivity index (χ0v) is 19.9. The van der Waals surface area contributed by atoms with Crippen LogP contribution in [0.2, 0.25) is 0 Å². The number of aromatic nitrogens is 1. The van der Waals surface area contributed by atoms with Crippen molar-refractivity contribution in [2.24, 2.45) is 0 Å². The quantitative estimate of drug-likeness (QED) is 0.225. The maximum absolute atomic E-state index is 13.3. The number of anilines is 1. The molecule has 4 aromatic rings. The second kappa shape index (κ2) is 9.23. The van der Waals surface area contributed by atoms with Crippen molar-refractivity contribution in [1.29, 1.82) is 0 Å². The monoisotopic (exact) mass is 486 g/mol. The van der Waals surface area contributed by atoms with Crippen molar-refractivity contribution in [2.75, 3.05) is 18.6 Å². The fourth-order valence-corrected chi connectivity index (χ4v) is 5.16. The number of ether oxygens (including phenoxy) is 2. The normalized spacial score (nSPS) is 17.2. The Balaban J connectivity index is 1.66. The average molecular weight is 487 g/mol. The first-order chi connectivity index (χ1) is 17.0. The lowest BCUT2D eigenvalue weighted by molar-refractivity contribution is -0.132. The minimum atomic E-state index is -0.828. The Morgan fingerprint density at radius 1 is 1.03 bits per heavy atom. The number of amides is 1. The number of hydrogen-bond acceptors (Lipinski definition) is 7. The zero-order chi connectivity index (χ0) is 24.5. The number of benzene rings is 3. The van der Waals surface area contributed by atoms with Crippen molar-refractivity contribution in [3.8, 4) is 11.5 Å². The Labute approximate surface area is 205 Å². The van der Waals surface area contributed by atoms with E-state index >= 15 is 0 Å². The maximum Gasteiger partial charge on any atom is 0.301 e. The Hall–Kier alpha value is -4.17. The molecule has 1 fully saturated rings. The summed E-state index contributed by atoms with van der Waals surface area (Å²) in [6, 6.07) is 20.5. The summed E-state index contributed by atoms with van der Waals surface area (Å²) in [5.74, 6) is -0.430. The molecule has 8 heteroatoms. The first kappa shape index (κ1) is 22.6. The molecule has 1 saturated heterocycles. The van der Waals surface area contributed by atoms with E-state index in [1.54, 1.807) is 31.4 Å². The molecule has 1 aliphatic heterocycles. The summed E-state index contributed by atoms with van der Waals surface area (Å²) in [5, 5.41) is 11.6. The molecule has 0 radical (unpaired) electrons. The molecule has 1 aliphatic rings. The van der Waals surface area contributed by atoms with E-state index in [2.05, 4.69) is 4.98 Å². The van der Waals surface area contributed by atoms with Gasteiger partial charge < -0.3 is 14.6 Å². The molecule has 2 heterocycles. The lowest BCUT2D eigenvalue weighted by atomic mass is 9.95. The van der Waals surface area contributed by atoms with Gasteiger partial charge in [-0.2, -0.15) is 0 Å². The van der Waals surface area contributed by atoms with Crippen LogP contribution >= 0.6 is 11.3 Å². The summed E-state index contributed by atoms with van der Waals surface area (Å²) in [6.45, 7) is 2.44. The van der Waals surface area contributed by atoms with Crippen LogP contribution < -0.4 is 14.4 Å². The van der Waals surface area contributed by atoms with Crippen LogP contribution in [0.5, 0.6) is 11.5 Å². The van der Waals surface area contributed by atoms with Crippen LogP contribution in [-0.2, 0) is 9.59 Å². The van der Waals surface area contributed by atoms with Crippen LogP contribution in [0.25, 0.3) is 16.0 Å². The molecule has 3 aromatic carbocycles. The third kappa shape index (κ3) is 4.02. The van der Waals surface area contributed by atoms with Crippen molar-refractivity contribution in [3.63, 3.8) is 0 Å². The SMILES string of the molecule is CCOc1ccc2nc(N3C(=O)C(=O)/C(=C(/O)c4ccc(OC)cc4)[C@@H]3c3ccccc3)sc2c1. The minimum Gasteiger partial charge on any atom is -0.507 e. The molecule has 1 amide bonds. The van der Waals surface area contributed by atoms with Crippen molar-refractivity contribution < 1.29 is 24.2 Å². The highest BCUT2D eigenvalue weighted by molar-refractivity contribution is 7.22. The number of ketones is 1. The van der Waals surface area contributed by atoms with E-state index in [0.717, 1.165) is 4.70 Å². The van der Waals surface area contributed by atoms with Gasteiger partial charge in [0, 0.05) is 5.56 Å². The van der Waals surface area contributed by atoms with Gasteiger partial charge in [0.15, 0.2) is 5.13 Å². The third-order valence-corrected chi connectivity index (χ3v) is 6.81. The zero-order valence-electron chi connectivity index (χ0n) is 19.1. The fraction of sp³-hybridized carbons (Fsp3) is 0.148. The Kier molecular flexibility index (Phi) is 5.96. The number of methoxy groups -OCH3 is 1. The highest BCUT2D eigenvalue weighted by Gasteiger charge is 2.48. The van der Waals surface area contributed by atoms with E-state index in [4.69, 9.17) is 9.47 Å². The molecule has 0 saturated carbocycles. The minimum absolute atomic E-state index is 0.0145. The first-order valence-corrected chi connectivity index (χ1v) is 11.9. The van der Waals surface area contributed by atoms with Gasteiger partial charge in [-0.3, -0.25) is 14.5 Å². The first-order valence-electron chi connectivity index (χ1n) is 11.1. The van der Waals surface area contributed by atoms with Crippen molar-refractivity contribution >= 4 is 44.1 Å². The Morgan fingerprint density at radius 3 is 2.43 bits per heavy atom. The summed E-state index contributed by atoms with van der Waals surface area (Å²) in [5.41, 5.74) is 1.81. The van der Waals surface area contributed by atoms with Gasteiger partial charge in [0.25, 0.3) is 5.78 Å². The van der Waals surface area contributed by atoms with Gasteiger partial charge in [-0.1, -0.05) is 41.7 Å². The summed E-state index contributed by atoms with van der Waals surface area (Å²) < 4.78 is 11.6. The summed E-state index contributed by atoms with van der Waals surface area (Å²) in [6.07, 6.45) is 0. The van der Waals surface area contributed by atoms with Crippen LogP contribution in [-0.4, -0.2) is 35.5 Å². The highest BCUT2D eigenvalue weighted by atomic mass is 32.1. The number of rotatable bonds is 6. The molecule has 0 spiro atoms. The molecule has 0 bridgehead atoms. The van der Waals surface area contributed by atoms with Gasteiger partial charge in [-0.25, -0.2) is 4.98 Å². The molecule has 1 aromatic heterocycles. The van der Waals surface area contributed by atoms with Crippen LogP contribution in [0.1, 0.15) is 24.1 Å². The maximum atomic E-state index is 13.3. The number of aliphatic hydroxyl groups excluding tert-OH is 1. The van der Waals surface area contributed by atoms with E-state index in [1.165, 1.54) is 16.2 Å². The molecular weight excluding hydrogens is 464 g/mol. The lowest BCUT2D eigenvalue weighted by Crippen LogP contribution is -2.29. The van der Waals surface area contributed by atoms with Crippen LogP contribution in [0.4, 0.5) is 5.13 Å². The standard InChI is InChI=1S/C27H22N2O5S/c1-3-34-19-13-14-20-21(15-19)35-27(28-20)29-23(16-7-5-4-6-8-16)22(25(31)26(29)32)24(30)17-9-11-18(33-2)12-10-17/h4-15,23,30H,3H2,1-2H3/b24-22+/t23-/m0/s1. The third-order valence-electron chi connectivity index (χ3n) is 5.79. The molecule has 5 rings (SSSR count). The van der Waals surface area contributed by atoms with Gasteiger partial charge in [0.05, 0.1) is 35.5 Å². The average Bonchev–Trinajstić information content (AvgIpc) is 3.42. The Morgan fingerprint density at radius 2 is 1.74 bits per heavy atom. The summed E-state index contributed by atoms with van der Waals surface area (Å²) in [7, 11) is 1.55. The van der Waals surface area contributed by atoms with Gasteiger partial charge in [-0.15, -0.1) is 0 Å². The van der Waals surface area contributed by atoms with Crippen LogP contribution in [0.3, 0.4) is 0 Å². The topological polar surface area (TPSA) is 89.0 Å². The molecule has 1 N–H and O–H groups in total. The molecule has 7 nitrogen and oxygen atoms in total. The van der Waals surface area contributed by atoms with Crippen LogP contribution in [0.15, 0.2) is 78.4 Å². The smallest absolute Gasteiger partial charge is 0.301 e. The van der Waals surface area contributed by atoms with E-state index in [1.807, 2.05) is 55.5 Å².